The van der Waals surface area contributed by atoms with Gasteiger partial charge in [0.05, 0.1) is 13.1 Å². The number of hydrogen-bond acceptors (Lipinski definition) is 4. The number of piperidine rings is 1. The van der Waals surface area contributed by atoms with Crippen LogP contribution in [0.25, 0.3) is 0 Å². The van der Waals surface area contributed by atoms with Crippen LogP contribution < -0.4 is 5.56 Å². The molecular weight excluding hydrogens is 334 g/mol. The summed E-state index contributed by atoms with van der Waals surface area (Å²) in [5.41, 5.74) is 1.54. The fourth-order valence-electron chi connectivity index (χ4n) is 4.59. The zero-order valence-corrected chi connectivity index (χ0v) is 15.4. The Bertz CT molecular complexity index is 831. The van der Waals surface area contributed by atoms with Crippen LogP contribution in [0.2, 0.25) is 0 Å². The number of fused-ring (bicyclic) bond motifs is 1. The molecule has 0 radical (unpaired) electrons. The van der Waals surface area contributed by atoms with Crippen LogP contribution >= 0.6 is 0 Å². The number of hydrogen-bond donors (Lipinski definition) is 0. The Morgan fingerprint density at radius 2 is 1.88 bits per heavy atom. The highest BCUT2D eigenvalue weighted by atomic mass is 16.6. The van der Waals surface area contributed by atoms with E-state index in [1.165, 1.54) is 0 Å². The van der Waals surface area contributed by atoms with Crippen molar-refractivity contribution in [2.24, 2.45) is 7.05 Å². The second-order valence-electron chi connectivity index (χ2n) is 7.84. The third kappa shape index (κ3) is 2.70. The molecule has 4 rings (SSSR count). The Labute approximate surface area is 152 Å². The lowest BCUT2D eigenvalue weighted by molar-refractivity contribution is -0.00530. The summed E-state index contributed by atoms with van der Waals surface area (Å²) in [5, 5.41) is 0. The molecule has 1 aromatic rings. The molecule has 7 heteroatoms. The van der Waals surface area contributed by atoms with E-state index in [4.69, 9.17) is 4.74 Å². The smallest absolute Gasteiger partial charge is 0.410 e. The summed E-state index contributed by atoms with van der Waals surface area (Å²) >= 11 is 0. The molecule has 2 fully saturated rings. The molecule has 3 heterocycles. The van der Waals surface area contributed by atoms with Gasteiger partial charge in [-0.1, -0.05) is 0 Å². The minimum absolute atomic E-state index is 0.226. The summed E-state index contributed by atoms with van der Waals surface area (Å²) in [6.07, 6.45) is 5.15. The van der Waals surface area contributed by atoms with Crippen molar-refractivity contribution in [3.8, 4) is 0 Å². The van der Waals surface area contributed by atoms with Gasteiger partial charge in [-0.15, -0.1) is 0 Å². The normalized spacial score (nSPS) is 25.4. The largest absolute Gasteiger partial charge is 0.439 e. The van der Waals surface area contributed by atoms with Crippen LogP contribution in [-0.4, -0.2) is 58.7 Å². The Balaban J connectivity index is 1.63. The number of likely N-dealkylation sites (N-methyl/N-ethyl adjacent to an activating group) is 1. The minimum atomic E-state index is -0.640. The van der Waals surface area contributed by atoms with Crippen molar-refractivity contribution >= 4 is 12.0 Å². The molecule has 2 saturated heterocycles. The van der Waals surface area contributed by atoms with Gasteiger partial charge in [0.1, 0.15) is 11.2 Å². The number of pyridine rings is 1. The Hall–Kier alpha value is -2.31. The Morgan fingerprint density at radius 1 is 1.12 bits per heavy atom. The first-order valence-electron chi connectivity index (χ1n) is 9.35. The first kappa shape index (κ1) is 17.1. The van der Waals surface area contributed by atoms with Crippen LogP contribution in [0.4, 0.5) is 4.79 Å². The highest BCUT2D eigenvalue weighted by Crippen LogP contribution is 2.32. The van der Waals surface area contributed by atoms with Crippen molar-refractivity contribution in [1.82, 2.24) is 14.4 Å². The summed E-state index contributed by atoms with van der Waals surface area (Å²) < 4.78 is 7.22. The second kappa shape index (κ2) is 6.14. The average molecular weight is 359 g/mol. The van der Waals surface area contributed by atoms with Gasteiger partial charge >= 0.3 is 6.09 Å². The lowest BCUT2D eigenvalue weighted by Crippen LogP contribution is -2.53. The topological polar surface area (TPSA) is 71.8 Å². The molecule has 0 aromatic carbocycles. The maximum absolute atomic E-state index is 13.1. The highest BCUT2D eigenvalue weighted by molar-refractivity contribution is 5.94. The average Bonchev–Trinajstić information content (AvgIpc) is 2.90. The maximum Gasteiger partial charge on any atom is 0.410 e. The number of aryl methyl sites for hydroxylation is 1. The zero-order chi connectivity index (χ0) is 18.5. The monoisotopic (exact) mass is 359 g/mol. The van der Waals surface area contributed by atoms with E-state index in [1.54, 1.807) is 34.5 Å². The summed E-state index contributed by atoms with van der Waals surface area (Å²) in [6, 6.07) is 1.80. The molecule has 140 valence electrons. The SMILES string of the molecule is CN1CC2(CCCN(C(=O)c3cc4c(n(C)c3=O)CCCC4)C2)OC1=O. The molecule has 1 unspecified atom stereocenters. The van der Waals surface area contributed by atoms with Crippen LogP contribution in [0.5, 0.6) is 0 Å². The van der Waals surface area contributed by atoms with Gasteiger partial charge in [0.15, 0.2) is 0 Å². The van der Waals surface area contributed by atoms with Crippen molar-refractivity contribution in [2.75, 3.05) is 26.7 Å². The van der Waals surface area contributed by atoms with Crippen LogP contribution in [0.1, 0.15) is 47.3 Å². The molecule has 0 N–H and O–H groups in total. The standard InChI is InChI=1S/C19H25N3O4/c1-20-11-19(26-18(20)25)8-5-9-22(12-19)17(24)14-10-13-6-3-4-7-15(13)21(2)16(14)23/h10H,3-9,11-12H2,1-2H3. The number of carbonyl (C=O) groups excluding carboxylic acids is 2. The van der Waals surface area contributed by atoms with Gasteiger partial charge in [-0.05, 0) is 50.2 Å². The second-order valence-corrected chi connectivity index (χ2v) is 7.84. The molecular formula is C19H25N3O4. The molecule has 1 aromatic heterocycles. The molecule has 2 amide bonds. The minimum Gasteiger partial charge on any atom is -0.439 e. The Morgan fingerprint density at radius 3 is 2.62 bits per heavy atom. The molecule has 1 spiro atoms. The zero-order valence-electron chi connectivity index (χ0n) is 15.4. The predicted molar refractivity (Wildman–Crippen MR) is 95.3 cm³/mol. The number of ether oxygens (including phenoxy) is 1. The summed E-state index contributed by atoms with van der Waals surface area (Å²) in [4.78, 5) is 40.9. The molecule has 1 aliphatic carbocycles. The summed E-state index contributed by atoms with van der Waals surface area (Å²) in [6.45, 7) is 1.42. The summed E-state index contributed by atoms with van der Waals surface area (Å²) in [7, 11) is 3.46. The summed E-state index contributed by atoms with van der Waals surface area (Å²) in [5.74, 6) is -0.247. The van der Waals surface area contributed by atoms with Crippen molar-refractivity contribution in [1.29, 1.82) is 0 Å². The molecule has 0 saturated carbocycles. The van der Waals surface area contributed by atoms with Crippen LogP contribution in [0, 0.1) is 0 Å². The molecule has 2 aliphatic heterocycles. The van der Waals surface area contributed by atoms with Gasteiger partial charge in [-0.25, -0.2) is 4.79 Å². The molecule has 0 bridgehead atoms. The predicted octanol–water partition coefficient (Wildman–Crippen LogP) is 1.32. The number of amides is 2. The molecule has 26 heavy (non-hydrogen) atoms. The van der Waals surface area contributed by atoms with Gasteiger partial charge in [-0.2, -0.15) is 0 Å². The van der Waals surface area contributed by atoms with Crippen molar-refractivity contribution in [2.45, 2.75) is 44.1 Å². The van der Waals surface area contributed by atoms with E-state index < -0.39 is 5.60 Å². The number of rotatable bonds is 1. The quantitative estimate of drug-likeness (QED) is 0.758. The van der Waals surface area contributed by atoms with Gasteiger partial charge in [-0.3, -0.25) is 9.59 Å². The fraction of sp³-hybridized carbons (Fsp3) is 0.632. The number of likely N-dealkylation sites (tertiary alicyclic amines) is 1. The van der Waals surface area contributed by atoms with E-state index in [9.17, 15) is 14.4 Å². The molecule has 1 atom stereocenters. The van der Waals surface area contributed by atoms with Crippen molar-refractivity contribution in [3.05, 3.63) is 33.2 Å². The van der Waals surface area contributed by atoms with E-state index in [1.807, 2.05) is 0 Å². The fourth-order valence-corrected chi connectivity index (χ4v) is 4.59. The van der Waals surface area contributed by atoms with Gasteiger partial charge in [0.2, 0.25) is 0 Å². The van der Waals surface area contributed by atoms with Crippen molar-refractivity contribution in [3.63, 3.8) is 0 Å². The number of aromatic nitrogens is 1. The van der Waals surface area contributed by atoms with Gasteiger partial charge in [0, 0.05) is 26.3 Å². The first-order chi connectivity index (χ1) is 12.4. The van der Waals surface area contributed by atoms with E-state index in [0.717, 1.165) is 49.8 Å². The lowest BCUT2D eigenvalue weighted by atomic mass is 9.91. The first-order valence-corrected chi connectivity index (χ1v) is 9.35. The van der Waals surface area contributed by atoms with E-state index in [-0.39, 0.29) is 23.1 Å². The van der Waals surface area contributed by atoms with E-state index >= 15 is 0 Å². The van der Waals surface area contributed by atoms with Crippen molar-refractivity contribution < 1.29 is 14.3 Å². The van der Waals surface area contributed by atoms with Gasteiger partial charge in [0.25, 0.3) is 11.5 Å². The number of carbonyl (C=O) groups is 2. The van der Waals surface area contributed by atoms with E-state index in [2.05, 4.69) is 0 Å². The van der Waals surface area contributed by atoms with Crippen LogP contribution in [0.15, 0.2) is 10.9 Å². The highest BCUT2D eigenvalue weighted by Gasteiger charge is 2.47. The third-order valence-electron chi connectivity index (χ3n) is 5.94. The van der Waals surface area contributed by atoms with Crippen LogP contribution in [-0.2, 0) is 24.6 Å². The molecule has 3 aliphatic rings. The molecule has 7 nitrogen and oxygen atoms in total. The lowest BCUT2D eigenvalue weighted by Gasteiger charge is -2.38. The van der Waals surface area contributed by atoms with Gasteiger partial charge < -0.3 is 19.1 Å². The number of nitrogens with zero attached hydrogens (tertiary/aromatic N) is 3. The maximum atomic E-state index is 13.1. The van der Waals surface area contributed by atoms with Crippen LogP contribution in [0.3, 0.4) is 0 Å². The Kier molecular flexibility index (Phi) is 4.04. The van der Waals surface area contributed by atoms with E-state index in [0.29, 0.717) is 19.6 Å². The third-order valence-corrected chi connectivity index (χ3v) is 5.94.